The number of nitrogens with one attached hydrogen (secondary N) is 2. The van der Waals surface area contributed by atoms with Gasteiger partial charge < -0.3 is 15.1 Å². The fourth-order valence-electron chi connectivity index (χ4n) is 3.98. The number of aromatic nitrogens is 1. The quantitative estimate of drug-likeness (QED) is 0.687. The van der Waals surface area contributed by atoms with E-state index in [1.165, 1.54) is 12.3 Å². The number of urea groups is 1. The van der Waals surface area contributed by atoms with Crippen LogP contribution in [-0.4, -0.2) is 53.9 Å². The topological polar surface area (TPSA) is 94.6 Å². The Morgan fingerprint density at radius 3 is 2.58 bits per heavy atom. The zero-order chi connectivity index (χ0) is 22.0. The maximum absolute atomic E-state index is 13.4. The number of pyridine rings is 1. The molecule has 1 aromatic heterocycles. The number of halogens is 2. The number of benzene rings is 1. The molecule has 2 N–H and O–H groups in total. The molecule has 0 saturated carbocycles. The van der Waals surface area contributed by atoms with E-state index in [2.05, 4.69) is 15.6 Å². The van der Waals surface area contributed by atoms with Crippen LogP contribution in [0.5, 0.6) is 0 Å². The van der Waals surface area contributed by atoms with E-state index >= 15 is 0 Å². The molecule has 1 aromatic carbocycles. The van der Waals surface area contributed by atoms with Crippen LogP contribution < -0.4 is 15.5 Å². The maximum Gasteiger partial charge on any atom is 0.322 e. The number of amides is 4. The van der Waals surface area contributed by atoms with Gasteiger partial charge in [-0.3, -0.25) is 19.9 Å². The first-order valence-corrected chi connectivity index (χ1v) is 10.3. The molecule has 0 spiro atoms. The lowest BCUT2D eigenvalue weighted by Gasteiger charge is -2.36. The molecule has 0 radical (unpaired) electrons. The normalized spacial score (nSPS) is 21.1. The molecule has 10 heteroatoms. The third kappa shape index (κ3) is 4.18. The summed E-state index contributed by atoms with van der Waals surface area (Å²) in [5, 5.41) is 4.99. The van der Waals surface area contributed by atoms with Crippen molar-refractivity contribution >= 4 is 35.1 Å². The van der Waals surface area contributed by atoms with E-state index in [9.17, 15) is 18.8 Å². The zero-order valence-corrected chi connectivity index (χ0v) is 17.4. The maximum atomic E-state index is 13.4. The van der Waals surface area contributed by atoms with Crippen LogP contribution in [0.3, 0.4) is 0 Å². The summed E-state index contributed by atoms with van der Waals surface area (Å²) in [4.78, 5) is 45.0. The molecule has 1 unspecified atom stereocenters. The Kier molecular flexibility index (Phi) is 5.77. The number of piperazine rings is 1. The van der Waals surface area contributed by atoms with Gasteiger partial charge >= 0.3 is 6.03 Å². The Balaban J connectivity index is 1.39. The number of anilines is 1. The summed E-state index contributed by atoms with van der Waals surface area (Å²) in [7, 11) is 0. The SMILES string of the molecule is O=C1NC(=O)C(CCC(=O)N2CCN(c3ccc(F)c(Cl)c3)CC2)(c2cccnc2)N1. The number of rotatable bonds is 5. The monoisotopic (exact) mass is 445 g/mol. The van der Waals surface area contributed by atoms with Crippen molar-refractivity contribution in [1.29, 1.82) is 0 Å². The zero-order valence-electron chi connectivity index (χ0n) is 16.6. The molecule has 2 saturated heterocycles. The highest BCUT2D eigenvalue weighted by atomic mass is 35.5. The summed E-state index contributed by atoms with van der Waals surface area (Å²) >= 11 is 5.87. The Morgan fingerprint density at radius 2 is 1.97 bits per heavy atom. The number of imide groups is 1. The van der Waals surface area contributed by atoms with Crippen molar-refractivity contribution in [3.8, 4) is 0 Å². The highest BCUT2D eigenvalue weighted by molar-refractivity contribution is 6.31. The molecule has 2 aliphatic heterocycles. The van der Waals surface area contributed by atoms with E-state index in [1.807, 2.05) is 4.90 Å². The second kappa shape index (κ2) is 8.50. The predicted octanol–water partition coefficient (Wildman–Crippen LogP) is 2.04. The van der Waals surface area contributed by atoms with Crippen molar-refractivity contribution in [3.05, 3.63) is 59.1 Å². The fourth-order valence-corrected chi connectivity index (χ4v) is 4.15. The molecule has 1 atom stereocenters. The van der Waals surface area contributed by atoms with Crippen molar-refractivity contribution in [2.45, 2.75) is 18.4 Å². The van der Waals surface area contributed by atoms with Crippen molar-refractivity contribution in [3.63, 3.8) is 0 Å². The minimum absolute atomic E-state index is 0.0635. The first kappa shape index (κ1) is 21.0. The van der Waals surface area contributed by atoms with Crippen LogP contribution in [0.25, 0.3) is 0 Å². The Hall–Kier alpha value is -3.20. The van der Waals surface area contributed by atoms with Gasteiger partial charge in [0.2, 0.25) is 5.91 Å². The van der Waals surface area contributed by atoms with Gasteiger partial charge in [-0.05, 0) is 30.7 Å². The van der Waals surface area contributed by atoms with Gasteiger partial charge in [-0.25, -0.2) is 9.18 Å². The minimum atomic E-state index is -1.31. The number of nitrogens with zero attached hydrogens (tertiary/aromatic N) is 3. The van der Waals surface area contributed by atoms with Gasteiger partial charge in [0, 0.05) is 56.2 Å². The molecular weight excluding hydrogens is 425 g/mol. The summed E-state index contributed by atoms with van der Waals surface area (Å²) in [6.07, 6.45) is 3.31. The van der Waals surface area contributed by atoms with E-state index in [4.69, 9.17) is 11.6 Å². The Morgan fingerprint density at radius 1 is 1.19 bits per heavy atom. The van der Waals surface area contributed by atoms with E-state index in [-0.39, 0.29) is 23.8 Å². The summed E-state index contributed by atoms with van der Waals surface area (Å²) in [6, 6.07) is 7.36. The third-order valence-corrected chi connectivity index (χ3v) is 6.00. The first-order valence-electron chi connectivity index (χ1n) is 9.91. The molecule has 4 rings (SSSR count). The molecule has 31 heavy (non-hydrogen) atoms. The van der Waals surface area contributed by atoms with E-state index in [1.54, 1.807) is 35.4 Å². The molecule has 2 fully saturated rings. The van der Waals surface area contributed by atoms with Crippen LogP contribution in [0.15, 0.2) is 42.7 Å². The average molecular weight is 446 g/mol. The van der Waals surface area contributed by atoms with Crippen molar-refractivity contribution in [2.75, 3.05) is 31.1 Å². The van der Waals surface area contributed by atoms with Crippen molar-refractivity contribution in [1.82, 2.24) is 20.5 Å². The van der Waals surface area contributed by atoms with Crippen LogP contribution in [0.4, 0.5) is 14.9 Å². The van der Waals surface area contributed by atoms with Crippen LogP contribution in [-0.2, 0) is 15.1 Å². The number of hydrogen-bond donors (Lipinski definition) is 2. The molecule has 0 aliphatic carbocycles. The lowest BCUT2D eigenvalue weighted by atomic mass is 9.86. The fraction of sp³-hybridized carbons (Fsp3) is 0.333. The molecule has 2 aliphatic rings. The molecular formula is C21H21ClFN5O3. The van der Waals surface area contributed by atoms with Crippen molar-refractivity contribution in [2.24, 2.45) is 0 Å². The number of carbonyl (C=O) groups excluding carboxylic acids is 3. The van der Waals surface area contributed by atoms with Gasteiger partial charge in [0.1, 0.15) is 11.4 Å². The first-order chi connectivity index (χ1) is 14.9. The molecule has 162 valence electrons. The van der Waals surface area contributed by atoms with Gasteiger partial charge in [0.25, 0.3) is 5.91 Å². The number of hydrogen-bond acceptors (Lipinski definition) is 5. The second-order valence-electron chi connectivity index (χ2n) is 7.52. The van der Waals surface area contributed by atoms with Gasteiger partial charge in [-0.1, -0.05) is 17.7 Å². The lowest BCUT2D eigenvalue weighted by Crippen LogP contribution is -2.50. The Labute approximate surface area is 183 Å². The van der Waals surface area contributed by atoms with E-state index in [0.717, 1.165) is 5.69 Å². The third-order valence-electron chi connectivity index (χ3n) is 5.71. The molecule has 4 amide bonds. The molecule has 3 heterocycles. The van der Waals surface area contributed by atoms with Gasteiger partial charge in [0.15, 0.2) is 0 Å². The molecule has 2 aromatic rings. The standard InChI is InChI=1S/C21H21ClFN5O3/c22-16-12-15(3-4-17(16)23)27-8-10-28(11-9-27)18(29)5-6-21(14-2-1-7-24-13-14)19(30)25-20(31)26-21/h1-4,7,12-13H,5-6,8-11H2,(H2,25,26,30,31). The highest BCUT2D eigenvalue weighted by Gasteiger charge is 2.48. The van der Waals surface area contributed by atoms with Crippen LogP contribution in [0.2, 0.25) is 5.02 Å². The van der Waals surface area contributed by atoms with Gasteiger partial charge in [0.05, 0.1) is 5.02 Å². The Bertz CT molecular complexity index is 1010. The molecule has 0 bridgehead atoms. The lowest BCUT2D eigenvalue weighted by molar-refractivity contribution is -0.132. The smallest absolute Gasteiger partial charge is 0.322 e. The number of carbonyl (C=O) groups is 3. The highest BCUT2D eigenvalue weighted by Crippen LogP contribution is 2.30. The van der Waals surface area contributed by atoms with E-state index < -0.39 is 23.3 Å². The summed E-state index contributed by atoms with van der Waals surface area (Å²) in [6.45, 7) is 2.15. The average Bonchev–Trinajstić information content (AvgIpc) is 3.08. The van der Waals surface area contributed by atoms with E-state index in [0.29, 0.717) is 31.7 Å². The van der Waals surface area contributed by atoms with Crippen LogP contribution >= 0.6 is 11.6 Å². The van der Waals surface area contributed by atoms with Gasteiger partial charge in [-0.15, -0.1) is 0 Å². The summed E-state index contributed by atoms with van der Waals surface area (Å²) in [5.74, 6) is -1.06. The van der Waals surface area contributed by atoms with Crippen LogP contribution in [0, 0.1) is 5.82 Å². The predicted molar refractivity (Wildman–Crippen MR) is 112 cm³/mol. The largest absolute Gasteiger partial charge is 0.368 e. The van der Waals surface area contributed by atoms with Crippen molar-refractivity contribution < 1.29 is 18.8 Å². The molecule has 8 nitrogen and oxygen atoms in total. The van der Waals surface area contributed by atoms with Gasteiger partial charge in [-0.2, -0.15) is 0 Å². The summed E-state index contributed by atoms with van der Waals surface area (Å²) < 4.78 is 13.4. The summed E-state index contributed by atoms with van der Waals surface area (Å²) in [5.41, 5.74) is 0.0248. The van der Waals surface area contributed by atoms with Crippen LogP contribution in [0.1, 0.15) is 18.4 Å². The minimum Gasteiger partial charge on any atom is -0.368 e. The second-order valence-corrected chi connectivity index (χ2v) is 7.93.